The number of thioether (sulfide) groups is 1. The fourth-order valence-corrected chi connectivity index (χ4v) is 10.4. The number of benzene rings is 2. The molecule has 0 spiro atoms. The van der Waals surface area contributed by atoms with Crippen LogP contribution in [0.3, 0.4) is 0 Å². The summed E-state index contributed by atoms with van der Waals surface area (Å²) in [5.74, 6) is -13.8. The first-order valence-electron chi connectivity index (χ1n) is 30.4. The average Bonchev–Trinajstić information content (AvgIpc) is 0.853. The molecule has 0 saturated carbocycles. The van der Waals surface area contributed by atoms with E-state index in [2.05, 4.69) is 65.8 Å². The van der Waals surface area contributed by atoms with E-state index in [9.17, 15) is 98.1 Å². The Kier molecular flexibility index (Phi) is 35.2. The molecule has 532 valence electrons. The number of aliphatic hydroxyl groups is 5. The van der Waals surface area contributed by atoms with Crippen molar-refractivity contribution < 1.29 is 103 Å². The van der Waals surface area contributed by atoms with Crippen LogP contribution < -0.4 is 70.0 Å². The van der Waals surface area contributed by atoms with Crippen molar-refractivity contribution in [3.63, 3.8) is 0 Å². The van der Waals surface area contributed by atoms with Crippen molar-refractivity contribution in [2.45, 2.75) is 157 Å². The first kappa shape index (κ1) is 81.7. The minimum absolute atomic E-state index is 0.0129. The van der Waals surface area contributed by atoms with Gasteiger partial charge in [0.2, 0.25) is 59.1 Å². The number of carboxylic acid groups (broad SMARTS) is 1. The Morgan fingerprint density at radius 1 is 0.667 bits per heavy atom. The number of imide groups is 1. The lowest BCUT2D eigenvalue weighted by Gasteiger charge is -2.39. The Labute approximate surface area is 561 Å². The first-order chi connectivity index (χ1) is 45.3. The molecule has 0 bridgehead atoms. The highest BCUT2D eigenvalue weighted by Crippen LogP contribution is 2.29. The van der Waals surface area contributed by atoms with Crippen LogP contribution in [-0.2, 0) is 75.1 Å². The molecule has 0 aromatic heterocycles. The summed E-state index contributed by atoms with van der Waals surface area (Å²) in [5.41, 5.74) is 10.9. The summed E-state index contributed by atoms with van der Waals surface area (Å²) < 4.78 is 5.50. The highest BCUT2D eigenvalue weighted by atomic mass is 32.2. The zero-order chi connectivity index (χ0) is 71.9. The van der Waals surface area contributed by atoms with Crippen molar-refractivity contribution in [2.75, 3.05) is 37.8 Å². The Balaban J connectivity index is 1.78. The van der Waals surface area contributed by atoms with Gasteiger partial charge in [0.1, 0.15) is 71.9 Å². The van der Waals surface area contributed by atoms with Crippen molar-refractivity contribution in [1.82, 2.24) is 58.5 Å². The molecule has 1 heterocycles. The second-order valence-corrected chi connectivity index (χ2v) is 24.4. The van der Waals surface area contributed by atoms with Crippen LogP contribution in [0, 0.1) is 17.2 Å². The predicted octanol–water partition coefficient (Wildman–Crippen LogP) is -6.78. The fraction of sp³-hybridized carbons (Fsp3) is 0.559. The summed E-state index contributed by atoms with van der Waals surface area (Å²) in [4.78, 5) is 172. The van der Waals surface area contributed by atoms with E-state index >= 15 is 0 Å². The van der Waals surface area contributed by atoms with Crippen LogP contribution in [0.1, 0.15) is 87.7 Å². The summed E-state index contributed by atoms with van der Waals surface area (Å²) >= 11 is 5.20. The third-order valence-corrected chi connectivity index (χ3v) is 16.2. The van der Waals surface area contributed by atoms with E-state index in [1.165, 1.54) is 43.3 Å². The second-order valence-electron chi connectivity index (χ2n) is 22.8. The summed E-state index contributed by atoms with van der Waals surface area (Å²) in [5, 5.41) is 103. The Bertz CT molecular complexity index is 3010. The molecule has 0 radical (unpaired) electrons. The zero-order valence-electron chi connectivity index (χ0n) is 53.1. The van der Waals surface area contributed by atoms with Crippen LogP contribution >= 0.6 is 24.4 Å². The number of carbonyl (C=O) groups is 13. The molecule has 1 aliphatic heterocycles. The number of aryl methyl sites for hydroxylation is 1. The number of aliphatic hydroxyl groups excluding tert-OH is 5. The number of carboxylic acids is 1. The lowest BCUT2D eigenvalue weighted by molar-refractivity contribution is -0.205. The van der Waals surface area contributed by atoms with E-state index in [0.29, 0.717) is 17.7 Å². The van der Waals surface area contributed by atoms with Gasteiger partial charge in [-0.3, -0.25) is 78.4 Å². The van der Waals surface area contributed by atoms with Gasteiger partial charge in [-0.2, -0.15) is 12.6 Å². The van der Waals surface area contributed by atoms with Crippen molar-refractivity contribution in [3.05, 3.63) is 65.2 Å². The average molecular weight is 1390 g/mol. The van der Waals surface area contributed by atoms with Gasteiger partial charge in [0, 0.05) is 36.6 Å². The summed E-state index contributed by atoms with van der Waals surface area (Å²) in [6, 6.07) is -0.651. The number of nitrogens with two attached hydrogens (primary N) is 2. The number of carbonyl (C=O) groups excluding carboxylic acids is 12. The third-order valence-electron chi connectivity index (χ3n) is 14.5. The molecule has 11 amide bonds. The van der Waals surface area contributed by atoms with Crippen molar-refractivity contribution in [3.8, 4) is 5.75 Å². The summed E-state index contributed by atoms with van der Waals surface area (Å²) in [6.07, 6.45) is -9.52. The molecule has 9 unspecified atom stereocenters. The Hall–Kier alpha value is -8.56. The minimum atomic E-state index is -2.12. The molecule has 1 aliphatic rings. The molecule has 3 rings (SSSR count). The zero-order valence-corrected chi connectivity index (χ0v) is 54.8. The van der Waals surface area contributed by atoms with E-state index in [-0.39, 0.29) is 60.6 Å². The minimum Gasteiger partial charge on any atom is -0.508 e. The molecular weight excluding hydrogens is 1300 g/mol. The number of phenols is 1. The van der Waals surface area contributed by atoms with E-state index in [1.54, 1.807) is 32.9 Å². The number of ether oxygens (including phenoxy) is 1. The van der Waals surface area contributed by atoms with Gasteiger partial charge in [-0.15, -0.1) is 11.8 Å². The van der Waals surface area contributed by atoms with Gasteiger partial charge in [-0.05, 0) is 86.1 Å². The topological polar surface area (TPSA) is 581 Å². The van der Waals surface area contributed by atoms with Gasteiger partial charge in [0.05, 0.1) is 32.2 Å². The maximum absolute atomic E-state index is 14.3. The van der Waals surface area contributed by atoms with Gasteiger partial charge < -0.3 is 99.8 Å². The number of aldehydes is 1. The highest BCUT2D eigenvalue weighted by Gasteiger charge is 2.44. The standard InChI is InChI=1S/C59H88N14O21S2/c1-28(2)20-37(66-44(79)23-64-49(85)29(3)27-95)54(90)67-35(6-5-18-63-59(61)62)52(88)68-36(15-16-42(60)78)53(89)69-38(21-32-9-13-34(77)14-10-32)55(91)73-56(92)39(22-45(80)81)70-57(93)40(24-74)65-30(4)50(86)71-43(26-76)72-51(87)33-11-7-31(8-12-33)17-19-96-58-48(84)47(83)46(82)41(25-75)94-58/h7-14,26,28-30,35-41,43,46-48,58,65,74-75,77,82-84,95H,5-6,15-25,27H2,1-4H3,(H2,60,78)(H,64,85)(H,66,79)(H,67,90)(H,68,88)(H,69,89)(H,70,93)(H,71,86)(H,72,87)(H,80,81)(H4,61,62,63)(H,73,91,92)/t29?,30?,35?,36?,37?,38?,39?,40?,41-,43?,46-,47+,48-,58+/m1/s1. The van der Waals surface area contributed by atoms with Gasteiger partial charge in [-0.25, -0.2) is 0 Å². The molecule has 37 heteroatoms. The van der Waals surface area contributed by atoms with E-state index in [0.717, 1.165) is 11.8 Å². The molecule has 1 saturated heterocycles. The van der Waals surface area contributed by atoms with Crippen LogP contribution in [0.2, 0.25) is 0 Å². The first-order valence-corrected chi connectivity index (χ1v) is 32.0. The van der Waals surface area contributed by atoms with Crippen LogP contribution in [0.5, 0.6) is 5.75 Å². The molecule has 96 heavy (non-hydrogen) atoms. The lowest BCUT2D eigenvalue weighted by Crippen LogP contribution is -2.61. The van der Waals surface area contributed by atoms with Gasteiger partial charge in [-0.1, -0.05) is 45.0 Å². The molecule has 2 aromatic rings. The quantitative estimate of drug-likeness (QED) is 0.00735. The highest BCUT2D eigenvalue weighted by molar-refractivity contribution is 7.99. The SMILES string of the molecule is CC(C)CC(NC(=O)CNC(=O)C(C)CS)C(=O)NC(CCCNC(=N)N)C(=O)NC(CCC(N)=O)C(=O)NC(Cc1ccc(O)cc1)C(=O)NC(=O)C(CC(=O)O)NC(=O)C(CO)NC(C)C(=O)NC(C=O)NC(=O)c1ccc(CCS[C@@H]2O[C@H](CO)[C@@H](O)[C@H](O)[C@H]2O)cc1. The van der Waals surface area contributed by atoms with Crippen LogP contribution in [-0.4, -0.2) is 235 Å². The number of aromatic hydroxyl groups is 1. The second kappa shape index (κ2) is 41.4. The number of hydrogen-bond acceptors (Lipinski definition) is 24. The summed E-state index contributed by atoms with van der Waals surface area (Å²) in [7, 11) is 0. The lowest BCUT2D eigenvalue weighted by atomic mass is 10.0. The van der Waals surface area contributed by atoms with Crippen LogP contribution in [0.25, 0.3) is 0 Å². The molecule has 35 nitrogen and oxygen atoms in total. The Morgan fingerprint density at radius 2 is 1.24 bits per heavy atom. The van der Waals surface area contributed by atoms with Crippen LogP contribution in [0.4, 0.5) is 0 Å². The van der Waals surface area contributed by atoms with Gasteiger partial charge in [0.25, 0.3) is 5.91 Å². The van der Waals surface area contributed by atoms with E-state index in [4.69, 9.17) is 21.6 Å². The number of guanidine groups is 1. The maximum Gasteiger partial charge on any atom is 0.305 e. The van der Waals surface area contributed by atoms with E-state index < -0.39 is 207 Å². The molecule has 0 aliphatic carbocycles. The van der Waals surface area contributed by atoms with Gasteiger partial charge in [0.15, 0.2) is 18.4 Å². The number of aliphatic carboxylic acids is 1. The van der Waals surface area contributed by atoms with Crippen molar-refractivity contribution in [2.24, 2.45) is 23.3 Å². The smallest absolute Gasteiger partial charge is 0.305 e. The number of phenolic OH excluding ortho intramolecular Hbond substituents is 1. The number of thiol groups is 1. The van der Waals surface area contributed by atoms with Gasteiger partial charge >= 0.3 is 5.97 Å². The monoisotopic (exact) mass is 1390 g/mol. The molecule has 14 atom stereocenters. The molecule has 2 aromatic carbocycles. The van der Waals surface area contributed by atoms with Crippen molar-refractivity contribution in [1.29, 1.82) is 5.41 Å². The predicted molar refractivity (Wildman–Crippen MR) is 345 cm³/mol. The molecule has 23 N–H and O–H groups in total. The Morgan fingerprint density at radius 3 is 1.80 bits per heavy atom. The molecular formula is C59H88N14O21S2. The number of amides is 11. The maximum atomic E-state index is 14.3. The normalized spacial score (nSPS) is 18.7. The number of rotatable bonds is 41. The molecule has 1 fully saturated rings. The number of hydrogen-bond donors (Lipinski definition) is 22. The number of primary amides is 1. The van der Waals surface area contributed by atoms with Crippen molar-refractivity contribution >= 4 is 108 Å². The van der Waals surface area contributed by atoms with E-state index in [1.807, 2.05) is 5.32 Å². The fourth-order valence-electron chi connectivity index (χ4n) is 9.09. The number of nitrogens with one attached hydrogen (secondary N) is 12. The third kappa shape index (κ3) is 28.4. The largest absolute Gasteiger partial charge is 0.508 e. The van der Waals surface area contributed by atoms with Crippen LogP contribution in [0.15, 0.2) is 48.5 Å². The summed E-state index contributed by atoms with van der Waals surface area (Å²) in [6.45, 7) is 4.08.